The van der Waals surface area contributed by atoms with Gasteiger partial charge in [0.15, 0.2) is 0 Å². The molecule has 3 rings (SSSR count). The number of hydrogen-bond acceptors (Lipinski definition) is 5. The first kappa shape index (κ1) is 21.7. The number of hydrogen-bond donors (Lipinski definition) is 0. The second-order valence-corrected chi connectivity index (χ2v) is 25.6. The first-order valence-electron chi connectivity index (χ1n) is 9.04. The van der Waals surface area contributed by atoms with Crippen molar-refractivity contribution in [1.82, 2.24) is 0 Å². The Labute approximate surface area is 172 Å². The fourth-order valence-electron chi connectivity index (χ4n) is 4.13. The zero-order chi connectivity index (χ0) is 21.8. The van der Waals surface area contributed by atoms with Gasteiger partial charge in [-0.2, -0.15) is 0 Å². The van der Waals surface area contributed by atoms with Crippen LogP contribution in [0.15, 0.2) is 91.0 Å². The predicted molar refractivity (Wildman–Crippen MR) is 120 cm³/mol. The summed E-state index contributed by atoms with van der Waals surface area (Å²) in [6.07, 6.45) is 0. The van der Waals surface area contributed by atoms with Gasteiger partial charge in [-0.3, -0.25) is 0 Å². The molecule has 0 saturated heterocycles. The summed E-state index contributed by atoms with van der Waals surface area (Å²) in [5.74, 6) is -4.18. The van der Waals surface area contributed by atoms with E-state index in [0.717, 1.165) is 0 Å². The second-order valence-electron chi connectivity index (χ2n) is 7.21. The molecule has 0 aromatic heterocycles. The van der Waals surface area contributed by atoms with Crippen molar-refractivity contribution in [2.45, 2.75) is 0 Å². The zero-order valence-corrected chi connectivity index (χ0v) is 18.3. The molecule has 154 valence electrons. The van der Waals surface area contributed by atoms with Gasteiger partial charge >= 0.3 is 173 Å². The van der Waals surface area contributed by atoms with Gasteiger partial charge in [0, 0.05) is 0 Å². The monoisotopic (exact) mass is 460 g/mol. The Bertz CT molecular complexity index is 962. The molecule has 0 unspecified atom stereocenters. The van der Waals surface area contributed by atoms with Gasteiger partial charge in [0.2, 0.25) is 0 Å². The first-order chi connectivity index (χ1) is 14.5. The number of rotatable bonds is 9. The summed E-state index contributed by atoms with van der Waals surface area (Å²) in [7, 11) is -6.81. The van der Waals surface area contributed by atoms with E-state index in [1.165, 1.54) is 0 Å². The fraction of sp³-hybridized carbons (Fsp3) is 0. The van der Waals surface area contributed by atoms with E-state index in [9.17, 15) is 24.0 Å². The summed E-state index contributed by atoms with van der Waals surface area (Å²) in [5, 5.41) is 1.90. The van der Waals surface area contributed by atoms with Crippen molar-refractivity contribution < 1.29 is 34.5 Å². The molecule has 0 amide bonds. The Morgan fingerprint density at radius 1 is 0.433 bits per heavy atom. The minimum absolute atomic E-state index is 0.103. The summed E-state index contributed by atoms with van der Waals surface area (Å²) in [6, 6.07) is 25.5. The Morgan fingerprint density at radius 3 is 0.867 bits per heavy atom. The summed E-state index contributed by atoms with van der Waals surface area (Å²) in [4.78, 5) is 64.7. The van der Waals surface area contributed by atoms with Crippen LogP contribution in [-0.2, 0) is 34.5 Å². The van der Waals surface area contributed by atoms with Gasteiger partial charge in [0.05, 0.1) is 0 Å². The third-order valence-electron chi connectivity index (χ3n) is 5.78. The van der Waals surface area contributed by atoms with E-state index in [1.807, 2.05) is 0 Å². The Balaban J connectivity index is 2.83. The van der Waals surface area contributed by atoms with E-state index < -0.39 is 16.4 Å². The Kier molecular flexibility index (Phi) is 5.30. The van der Waals surface area contributed by atoms with Crippen LogP contribution in [0, 0.1) is 0 Å². The Hall–Kier alpha value is -3.03. The molecule has 0 N–H and O–H groups in total. The van der Waals surface area contributed by atoms with E-state index in [2.05, 4.69) is 0 Å². The zero-order valence-electron chi connectivity index (χ0n) is 16.0. The molecule has 0 heterocycles. The SMILES string of the molecule is O=[CH][Cr]([CH]=O)([CH]=O)([CH]=O)([CH]=O)[PH](c1ccccc1)(c1ccccc1)c1ccccc1. The van der Waals surface area contributed by atoms with Crippen molar-refractivity contribution in [2.24, 2.45) is 0 Å². The van der Waals surface area contributed by atoms with Gasteiger partial charge in [0.25, 0.3) is 0 Å². The van der Waals surface area contributed by atoms with Gasteiger partial charge < -0.3 is 0 Å². The van der Waals surface area contributed by atoms with Crippen LogP contribution < -0.4 is 15.9 Å². The molecule has 0 atom stereocenters. The predicted octanol–water partition coefficient (Wildman–Crippen LogP) is 1.80. The molecule has 3 aromatic rings. The van der Waals surface area contributed by atoms with Crippen LogP contribution in [0.4, 0.5) is 0 Å². The molecule has 0 saturated carbocycles. The molecule has 0 aliphatic rings. The average Bonchev–Trinajstić information content (AvgIpc) is 2.85. The van der Waals surface area contributed by atoms with E-state index >= 15 is 0 Å². The van der Waals surface area contributed by atoms with E-state index in [1.54, 1.807) is 91.0 Å². The van der Waals surface area contributed by atoms with Crippen molar-refractivity contribution >= 4 is 47.6 Å². The van der Waals surface area contributed by atoms with Gasteiger partial charge in [-0.1, -0.05) is 0 Å². The summed E-state index contributed by atoms with van der Waals surface area (Å²) in [6.45, 7) is 0. The van der Waals surface area contributed by atoms with Crippen LogP contribution in [-0.4, -0.2) is 25.7 Å². The third kappa shape index (κ3) is 2.30. The van der Waals surface area contributed by atoms with Crippen molar-refractivity contribution in [3.63, 3.8) is 0 Å². The number of benzene rings is 3. The molecule has 0 spiro atoms. The summed E-state index contributed by atoms with van der Waals surface area (Å²) >= 11 is 0. The minimum atomic E-state index is -6.81. The van der Waals surface area contributed by atoms with E-state index in [4.69, 9.17) is 0 Å². The van der Waals surface area contributed by atoms with E-state index in [0.29, 0.717) is 15.9 Å². The van der Waals surface area contributed by atoms with Crippen LogP contribution in [0.2, 0.25) is 0 Å². The van der Waals surface area contributed by atoms with Crippen LogP contribution >= 0.6 is 5.91 Å². The van der Waals surface area contributed by atoms with Gasteiger partial charge in [-0.05, 0) is 0 Å². The molecular formula is C23H21CrO5P. The van der Waals surface area contributed by atoms with Crippen LogP contribution in [0.25, 0.3) is 0 Å². The van der Waals surface area contributed by atoms with Gasteiger partial charge in [-0.15, -0.1) is 0 Å². The van der Waals surface area contributed by atoms with E-state index in [-0.39, 0.29) is 25.7 Å². The molecule has 7 heteroatoms. The summed E-state index contributed by atoms with van der Waals surface area (Å²) in [5.41, 5.74) is 0. The molecular weight excluding hydrogens is 439 g/mol. The molecule has 0 aliphatic carbocycles. The summed E-state index contributed by atoms with van der Waals surface area (Å²) < 4.78 is 0. The topological polar surface area (TPSA) is 85.3 Å². The number of carbonyl (C=O) groups is 5. The van der Waals surface area contributed by atoms with Crippen molar-refractivity contribution in [3.8, 4) is 0 Å². The maximum atomic E-state index is 12.9. The van der Waals surface area contributed by atoms with Crippen LogP contribution in [0.1, 0.15) is 0 Å². The third-order valence-corrected chi connectivity index (χ3v) is 28.8. The molecule has 0 aliphatic heterocycles. The normalized spacial score (nSPS) is 14.4. The number of carbonyl (C=O) groups excluding carboxylic acids is 5. The first-order valence-corrected chi connectivity index (χ1v) is 16.5. The maximum absolute atomic E-state index is 12.9. The molecule has 0 bridgehead atoms. The second kappa shape index (κ2) is 7.34. The molecule has 30 heavy (non-hydrogen) atoms. The van der Waals surface area contributed by atoms with Gasteiger partial charge in [0.1, 0.15) is 0 Å². The van der Waals surface area contributed by atoms with Crippen molar-refractivity contribution in [2.75, 3.05) is 0 Å². The average molecular weight is 460 g/mol. The van der Waals surface area contributed by atoms with Crippen molar-refractivity contribution in [1.29, 1.82) is 0 Å². The Morgan fingerprint density at radius 2 is 0.667 bits per heavy atom. The molecule has 5 nitrogen and oxygen atoms in total. The molecule has 3 aromatic carbocycles. The molecule has 0 fully saturated rings. The quantitative estimate of drug-likeness (QED) is 0.359. The van der Waals surface area contributed by atoms with Gasteiger partial charge in [-0.25, -0.2) is 0 Å². The standard InChI is InChI=1S/C18H15P.5CHO.Cr/c1-4-10-16(11-5-1)19(17-12-6-2-7-13-17)18-14-8-3-9-15-18;5*1-2;/h1-15H;5*1H;/q;;;;;;-1/p+1. The van der Waals surface area contributed by atoms with Crippen molar-refractivity contribution in [3.05, 3.63) is 91.0 Å². The fourth-order valence-corrected chi connectivity index (χ4v) is 25.4. The van der Waals surface area contributed by atoms with Crippen LogP contribution in [0.5, 0.6) is 0 Å². The van der Waals surface area contributed by atoms with Crippen LogP contribution in [0.3, 0.4) is 0 Å². The molecule has 0 radical (unpaired) electrons.